The summed E-state index contributed by atoms with van der Waals surface area (Å²) in [6.07, 6.45) is 0. The second-order valence-electron chi connectivity index (χ2n) is 5.85. The van der Waals surface area contributed by atoms with Crippen LogP contribution in [0.1, 0.15) is 12.5 Å². The van der Waals surface area contributed by atoms with Crippen molar-refractivity contribution in [1.82, 2.24) is 10.2 Å². The molecule has 0 unspecified atom stereocenters. The van der Waals surface area contributed by atoms with E-state index in [2.05, 4.69) is 5.32 Å². The smallest absolute Gasteiger partial charge is 0.278 e. The summed E-state index contributed by atoms with van der Waals surface area (Å²) in [4.78, 5) is 27.1. The second-order valence-corrected chi connectivity index (χ2v) is 5.85. The topological polar surface area (TPSA) is 63.1 Å². The van der Waals surface area contributed by atoms with Crippen molar-refractivity contribution >= 4 is 11.8 Å². The molecule has 0 aliphatic carbocycles. The van der Waals surface area contributed by atoms with Crippen LogP contribution in [0.2, 0.25) is 0 Å². The Kier molecular flexibility index (Phi) is 7.14. The van der Waals surface area contributed by atoms with Gasteiger partial charge < -0.3 is 19.9 Å². The van der Waals surface area contributed by atoms with E-state index in [4.69, 9.17) is 4.74 Å². The van der Waals surface area contributed by atoms with E-state index in [0.29, 0.717) is 32.8 Å². The first-order valence-corrected chi connectivity index (χ1v) is 8.28. The molecule has 1 fully saturated rings. The van der Waals surface area contributed by atoms with Crippen molar-refractivity contribution in [2.45, 2.75) is 13.5 Å². The molecule has 6 nitrogen and oxygen atoms in total. The number of ether oxygens (including phenoxy) is 1. The van der Waals surface area contributed by atoms with Crippen LogP contribution in [0, 0.1) is 5.82 Å². The van der Waals surface area contributed by atoms with E-state index in [-0.39, 0.29) is 24.2 Å². The van der Waals surface area contributed by atoms with Gasteiger partial charge in [-0.1, -0.05) is 12.1 Å². The van der Waals surface area contributed by atoms with Gasteiger partial charge >= 0.3 is 0 Å². The Labute approximate surface area is 141 Å². The molecule has 1 aliphatic heterocycles. The number of hydrogen-bond donors (Lipinski definition) is 2. The van der Waals surface area contributed by atoms with Crippen LogP contribution in [-0.4, -0.2) is 62.7 Å². The third-order valence-corrected chi connectivity index (χ3v) is 4.07. The van der Waals surface area contributed by atoms with Crippen LogP contribution >= 0.6 is 0 Å². The molecule has 1 saturated heterocycles. The lowest BCUT2D eigenvalue weighted by molar-refractivity contribution is -0.900. The highest BCUT2D eigenvalue weighted by molar-refractivity contribution is 5.85. The SMILES string of the molecule is CCN(CC(=O)NCc1ccc(F)cc1)C(=O)C[NH+]1CCOCC1. The van der Waals surface area contributed by atoms with Crippen LogP contribution in [0.4, 0.5) is 4.39 Å². The van der Waals surface area contributed by atoms with Crippen molar-refractivity contribution in [2.24, 2.45) is 0 Å². The van der Waals surface area contributed by atoms with Crippen molar-refractivity contribution in [1.29, 1.82) is 0 Å². The Morgan fingerprint density at radius 2 is 1.92 bits per heavy atom. The van der Waals surface area contributed by atoms with Crippen LogP contribution in [0.15, 0.2) is 24.3 Å². The largest absolute Gasteiger partial charge is 0.370 e. The predicted molar refractivity (Wildman–Crippen MR) is 86.9 cm³/mol. The maximum absolute atomic E-state index is 12.8. The van der Waals surface area contributed by atoms with E-state index in [1.54, 1.807) is 17.0 Å². The van der Waals surface area contributed by atoms with E-state index in [9.17, 15) is 14.0 Å². The molecule has 0 saturated carbocycles. The normalized spacial score (nSPS) is 15.1. The molecule has 132 valence electrons. The molecule has 7 heteroatoms. The first kappa shape index (κ1) is 18.4. The van der Waals surface area contributed by atoms with Crippen LogP contribution in [0.25, 0.3) is 0 Å². The summed E-state index contributed by atoms with van der Waals surface area (Å²) in [5.41, 5.74) is 0.817. The van der Waals surface area contributed by atoms with Crippen molar-refractivity contribution in [3.05, 3.63) is 35.6 Å². The van der Waals surface area contributed by atoms with Crippen molar-refractivity contribution in [2.75, 3.05) is 45.9 Å². The first-order chi connectivity index (χ1) is 11.6. The minimum atomic E-state index is -0.307. The van der Waals surface area contributed by atoms with Gasteiger partial charge in [0.2, 0.25) is 5.91 Å². The van der Waals surface area contributed by atoms with Crippen molar-refractivity contribution in [3.8, 4) is 0 Å². The lowest BCUT2D eigenvalue weighted by atomic mass is 10.2. The van der Waals surface area contributed by atoms with Gasteiger partial charge in [-0.3, -0.25) is 9.59 Å². The Hall–Kier alpha value is -1.99. The zero-order valence-electron chi connectivity index (χ0n) is 14.0. The number of quaternary nitrogens is 1. The average Bonchev–Trinajstić information content (AvgIpc) is 2.60. The molecule has 24 heavy (non-hydrogen) atoms. The molecule has 2 rings (SSSR count). The van der Waals surface area contributed by atoms with E-state index < -0.39 is 0 Å². The predicted octanol–water partition coefficient (Wildman–Crippen LogP) is -0.794. The zero-order chi connectivity index (χ0) is 17.4. The third-order valence-electron chi connectivity index (χ3n) is 4.07. The van der Waals surface area contributed by atoms with Gasteiger partial charge in [-0.15, -0.1) is 0 Å². The Bertz CT molecular complexity index is 545. The molecular formula is C17H25FN3O3+. The molecule has 1 aromatic carbocycles. The van der Waals surface area contributed by atoms with E-state index in [1.807, 2.05) is 6.92 Å². The van der Waals surface area contributed by atoms with Crippen LogP contribution < -0.4 is 10.2 Å². The van der Waals surface area contributed by atoms with Gasteiger partial charge in [0.05, 0.1) is 19.8 Å². The molecule has 1 aromatic rings. The van der Waals surface area contributed by atoms with Gasteiger partial charge in [-0.05, 0) is 24.6 Å². The number of rotatable bonds is 7. The fourth-order valence-electron chi connectivity index (χ4n) is 2.57. The molecule has 0 spiro atoms. The van der Waals surface area contributed by atoms with Gasteiger partial charge in [-0.25, -0.2) is 4.39 Å². The first-order valence-electron chi connectivity index (χ1n) is 8.28. The minimum Gasteiger partial charge on any atom is -0.370 e. The maximum Gasteiger partial charge on any atom is 0.278 e. The van der Waals surface area contributed by atoms with Crippen LogP contribution in [0.5, 0.6) is 0 Å². The summed E-state index contributed by atoms with van der Waals surface area (Å²) in [6, 6.07) is 5.96. The summed E-state index contributed by atoms with van der Waals surface area (Å²) in [7, 11) is 0. The lowest BCUT2D eigenvalue weighted by Gasteiger charge is -2.26. The summed E-state index contributed by atoms with van der Waals surface area (Å²) >= 11 is 0. The lowest BCUT2D eigenvalue weighted by Crippen LogP contribution is -3.15. The molecule has 0 aromatic heterocycles. The number of nitrogens with zero attached hydrogens (tertiary/aromatic N) is 1. The van der Waals surface area contributed by atoms with E-state index in [1.165, 1.54) is 17.0 Å². The summed E-state index contributed by atoms with van der Waals surface area (Å²) < 4.78 is 18.1. The molecule has 2 N–H and O–H groups in total. The number of morpholine rings is 1. The Balaban J connectivity index is 1.76. The zero-order valence-corrected chi connectivity index (χ0v) is 14.0. The number of benzene rings is 1. The number of carbonyl (C=O) groups is 2. The molecule has 0 atom stereocenters. The standard InChI is InChI=1S/C17H24FN3O3/c1-2-21(17(23)13-20-7-9-24-10-8-20)12-16(22)19-11-14-3-5-15(18)6-4-14/h3-6H,2,7-13H2,1H3,(H,19,22)/p+1. The quantitative estimate of drug-likeness (QED) is 0.685. The van der Waals surface area contributed by atoms with Crippen LogP contribution in [-0.2, 0) is 20.9 Å². The Morgan fingerprint density at radius 3 is 2.54 bits per heavy atom. The molecule has 2 amide bonds. The molecule has 1 aliphatic rings. The number of halogens is 1. The number of likely N-dealkylation sites (N-methyl/N-ethyl adjacent to an activating group) is 1. The number of hydrogen-bond acceptors (Lipinski definition) is 3. The van der Waals surface area contributed by atoms with E-state index in [0.717, 1.165) is 18.7 Å². The summed E-state index contributed by atoms with van der Waals surface area (Å²) in [6.45, 7) is 6.09. The number of carbonyl (C=O) groups excluding carboxylic acids is 2. The van der Waals surface area contributed by atoms with Gasteiger partial charge in [0.15, 0.2) is 6.54 Å². The van der Waals surface area contributed by atoms with Gasteiger partial charge in [0.25, 0.3) is 5.91 Å². The van der Waals surface area contributed by atoms with E-state index >= 15 is 0 Å². The fourth-order valence-corrected chi connectivity index (χ4v) is 2.57. The molecule has 0 bridgehead atoms. The number of nitrogens with one attached hydrogen (secondary N) is 2. The summed E-state index contributed by atoms with van der Waals surface area (Å²) in [5.74, 6) is -0.545. The van der Waals surface area contributed by atoms with Gasteiger partial charge in [-0.2, -0.15) is 0 Å². The molecule has 0 radical (unpaired) electrons. The minimum absolute atomic E-state index is 0.0219. The Morgan fingerprint density at radius 1 is 1.25 bits per heavy atom. The molecule has 1 heterocycles. The average molecular weight is 338 g/mol. The van der Waals surface area contributed by atoms with Crippen LogP contribution in [0.3, 0.4) is 0 Å². The fraction of sp³-hybridized carbons (Fsp3) is 0.529. The monoisotopic (exact) mass is 338 g/mol. The van der Waals surface area contributed by atoms with Gasteiger partial charge in [0, 0.05) is 13.1 Å². The summed E-state index contributed by atoms with van der Waals surface area (Å²) in [5, 5.41) is 2.76. The second kappa shape index (κ2) is 9.34. The highest BCUT2D eigenvalue weighted by Gasteiger charge is 2.22. The van der Waals surface area contributed by atoms with Crippen molar-refractivity contribution < 1.29 is 23.6 Å². The number of amides is 2. The van der Waals surface area contributed by atoms with Crippen molar-refractivity contribution in [3.63, 3.8) is 0 Å². The third kappa shape index (κ3) is 5.90. The highest BCUT2D eigenvalue weighted by atomic mass is 19.1. The highest BCUT2D eigenvalue weighted by Crippen LogP contribution is 2.02. The molecular weight excluding hydrogens is 313 g/mol. The maximum atomic E-state index is 12.8. The van der Waals surface area contributed by atoms with Gasteiger partial charge in [0.1, 0.15) is 18.9 Å².